The number of phenolic OH excluding ortho intramolecular Hbond substituents is 1. The largest absolute Gasteiger partial charge is 0.504 e. The van der Waals surface area contributed by atoms with Crippen LogP contribution in [0.1, 0.15) is 5.56 Å². The molecule has 0 unspecified atom stereocenters. The van der Waals surface area contributed by atoms with Crippen molar-refractivity contribution in [2.24, 2.45) is 10.2 Å². The van der Waals surface area contributed by atoms with E-state index >= 15 is 0 Å². The molecular formula is C11H11N3O3S. The minimum absolute atomic E-state index is 0.00654. The second-order valence-corrected chi connectivity index (χ2v) is 4.35. The summed E-state index contributed by atoms with van der Waals surface area (Å²) in [6.07, 6.45) is 1.40. The van der Waals surface area contributed by atoms with E-state index in [-0.39, 0.29) is 11.7 Å². The van der Waals surface area contributed by atoms with Gasteiger partial charge in [-0.05, 0) is 12.1 Å². The lowest BCUT2D eigenvalue weighted by molar-refractivity contribution is -0.116. The molecule has 0 aliphatic carbocycles. The van der Waals surface area contributed by atoms with Crippen LogP contribution in [-0.2, 0) is 4.79 Å². The van der Waals surface area contributed by atoms with Gasteiger partial charge in [0.05, 0.1) is 19.1 Å². The first-order valence-electron chi connectivity index (χ1n) is 5.10. The van der Waals surface area contributed by atoms with Crippen LogP contribution in [0, 0.1) is 0 Å². The molecule has 2 N–H and O–H groups in total. The van der Waals surface area contributed by atoms with Crippen LogP contribution in [0.5, 0.6) is 11.5 Å². The molecule has 1 aromatic rings. The van der Waals surface area contributed by atoms with Crippen molar-refractivity contribution in [1.29, 1.82) is 0 Å². The minimum atomic E-state index is -0.0850. The standard InChI is InChI=1S/C11H11N3O3S/c1-17-8-4-2-3-7(10(8)16)5-12-14-11-13-9(15)6-18-11/h2-5,16H,6H2,1H3,(H,13,14,15)/b12-5-. The van der Waals surface area contributed by atoms with E-state index in [1.54, 1.807) is 18.2 Å². The number of methoxy groups -OCH3 is 1. The lowest BCUT2D eigenvalue weighted by atomic mass is 10.2. The molecule has 1 fully saturated rings. The first-order valence-corrected chi connectivity index (χ1v) is 6.09. The highest BCUT2D eigenvalue weighted by Crippen LogP contribution is 2.27. The molecule has 18 heavy (non-hydrogen) atoms. The van der Waals surface area contributed by atoms with Crippen LogP contribution >= 0.6 is 11.8 Å². The lowest BCUT2D eigenvalue weighted by Gasteiger charge is -2.04. The van der Waals surface area contributed by atoms with Crippen molar-refractivity contribution in [2.45, 2.75) is 0 Å². The number of hydrogen-bond acceptors (Lipinski definition) is 6. The van der Waals surface area contributed by atoms with Crippen LogP contribution in [-0.4, -0.2) is 35.3 Å². The molecule has 1 saturated heterocycles. The van der Waals surface area contributed by atoms with E-state index in [4.69, 9.17) is 4.74 Å². The quantitative estimate of drug-likeness (QED) is 0.629. The van der Waals surface area contributed by atoms with Gasteiger partial charge in [-0.3, -0.25) is 4.79 Å². The van der Waals surface area contributed by atoms with Gasteiger partial charge in [0.1, 0.15) is 0 Å². The fourth-order valence-electron chi connectivity index (χ4n) is 1.33. The predicted octanol–water partition coefficient (Wildman–Crippen LogP) is 0.954. The molecule has 0 spiro atoms. The molecule has 1 amide bonds. The van der Waals surface area contributed by atoms with Gasteiger partial charge in [0, 0.05) is 5.56 Å². The third-order valence-electron chi connectivity index (χ3n) is 2.18. The summed E-state index contributed by atoms with van der Waals surface area (Å²) in [6, 6.07) is 5.06. The van der Waals surface area contributed by atoms with E-state index in [2.05, 4.69) is 15.5 Å². The maximum atomic E-state index is 10.9. The number of amides is 1. The Morgan fingerprint density at radius 2 is 2.39 bits per heavy atom. The molecule has 0 bridgehead atoms. The van der Waals surface area contributed by atoms with Crippen molar-refractivity contribution in [2.75, 3.05) is 12.9 Å². The Balaban J connectivity index is 2.12. The topological polar surface area (TPSA) is 83.3 Å². The van der Waals surface area contributed by atoms with Gasteiger partial charge in [0.15, 0.2) is 16.7 Å². The molecular weight excluding hydrogens is 254 g/mol. The number of rotatable bonds is 3. The van der Waals surface area contributed by atoms with Gasteiger partial charge < -0.3 is 15.2 Å². The molecule has 1 aliphatic heterocycles. The van der Waals surface area contributed by atoms with Crippen molar-refractivity contribution in [3.63, 3.8) is 0 Å². The SMILES string of the molecule is COc1cccc(/C=N\N=C2/NC(=O)CS2)c1O. The van der Waals surface area contributed by atoms with Crippen LogP contribution in [0.2, 0.25) is 0 Å². The summed E-state index contributed by atoms with van der Waals surface area (Å²) in [4.78, 5) is 10.9. The predicted molar refractivity (Wildman–Crippen MR) is 70.3 cm³/mol. The summed E-state index contributed by atoms with van der Waals surface area (Å²) in [5.41, 5.74) is 0.494. The van der Waals surface area contributed by atoms with Crippen LogP contribution in [0.25, 0.3) is 0 Å². The van der Waals surface area contributed by atoms with Gasteiger partial charge in [-0.2, -0.15) is 5.10 Å². The molecule has 1 aliphatic rings. The summed E-state index contributed by atoms with van der Waals surface area (Å²) < 4.78 is 4.97. The Kier molecular flexibility index (Phi) is 3.83. The van der Waals surface area contributed by atoms with E-state index in [0.29, 0.717) is 22.2 Å². The Morgan fingerprint density at radius 3 is 3.06 bits per heavy atom. The van der Waals surface area contributed by atoms with Crippen LogP contribution < -0.4 is 10.1 Å². The monoisotopic (exact) mass is 265 g/mol. The molecule has 0 atom stereocenters. The molecule has 1 heterocycles. The van der Waals surface area contributed by atoms with Gasteiger partial charge >= 0.3 is 0 Å². The number of aromatic hydroxyl groups is 1. The number of hydrogen-bond donors (Lipinski definition) is 2. The summed E-state index contributed by atoms with van der Waals surface area (Å²) in [5.74, 6) is 0.652. The second kappa shape index (κ2) is 5.54. The zero-order chi connectivity index (χ0) is 13.0. The van der Waals surface area contributed by atoms with Crippen molar-refractivity contribution in [3.8, 4) is 11.5 Å². The van der Waals surface area contributed by atoms with Gasteiger partial charge in [0.2, 0.25) is 5.91 Å². The molecule has 6 nitrogen and oxygen atoms in total. The number of nitrogens with zero attached hydrogens (tertiary/aromatic N) is 2. The smallest absolute Gasteiger partial charge is 0.236 e. The highest BCUT2D eigenvalue weighted by Gasteiger charge is 2.15. The number of carbonyl (C=O) groups is 1. The normalized spacial score (nSPS) is 17.4. The summed E-state index contributed by atoms with van der Waals surface area (Å²) in [6.45, 7) is 0. The highest BCUT2D eigenvalue weighted by molar-refractivity contribution is 8.15. The van der Waals surface area contributed by atoms with Gasteiger partial charge in [-0.1, -0.05) is 17.8 Å². The fourth-order valence-corrected chi connectivity index (χ4v) is 1.96. The molecule has 0 aromatic heterocycles. The zero-order valence-electron chi connectivity index (χ0n) is 9.58. The number of carbonyl (C=O) groups excluding carboxylic acids is 1. The van der Waals surface area contributed by atoms with Crippen molar-refractivity contribution < 1.29 is 14.6 Å². The average Bonchev–Trinajstić information content (AvgIpc) is 2.77. The third kappa shape index (κ3) is 2.80. The number of ether oxygens (including phenoxy) is 1. The van der Waals surface area contributed by atoms with E-state index in [9.17, 15) is 9.90 Å². The van der Waals surface area contributed by atoms with Crippen LogP contribution in [0.15, 0.2) is 28.4 Å². The zero-order valence-corrected chi connectivity index (χ0v) is 10.4. The van der Waals surface area contributed by atoms with Gasteiger partial charge in [-0.15, -0.1) is 5.10 Å². The number of amidine groups is 1. The third-order valence-corrected chi connectivity index (χ3v) is 3.05. The van der Waals surface area contributed by atoms with E-state index in [0.717, 1.165) is 0 Å². The Bertz CT molecular complexity index is 528. The van der Waals surface area contributed by atoms with E-state index in [1.165, 1.54) is 25.1 Å². The number of benzene rings is 1. The molecule has 2 rings (SSSR count). The maximum Gasteiger partial charge on any atom is 0.236 e. The first kappa shape index (κ1) is 12.4. The van der Waals surface area contributed by atoms with Crippen LogP contribution in [0.4, 0.5) is 0 Å². The molecule has 0 saturated carbocycles. The van der Waals surface area contributed by atoms with Gasteiger partial charge in [0.25, 0.3) is 0 Å². The van der Waals surface area contributed by atoms with Gasteiger partial charge in [-0.25, -0.2) is 0 Å². The van der Waals surface area contributed by atoms with Crippen molar-refractivity contribution >= 4 is 29.1 Å². The van der Waals surface area contributed by atoms with Crippen molar-refractivity contribution in [1.82, 2.24) is 5.32 Å². The minimum Gasteiger partial charge on any atom is -0.504 e. The summed E-state index contributed by atoms with van der Waals surface area (Å²) >= 11 is 1.29. The molecule has 7 heteroatoms. The number of nitrogens with one attached hydrogen (secondary N) is 1. The van der Waals surface area contributed by atoms with E-state index in [1.807, 2.05) is 0 Å². The van der Waals surface area contributed by atoms with Crippen molar-refractivity contribution in [3.05, 3.63) is 23.8 Å². The van der Waals surface area contributed by atoms with Crippen LogP contribution in [0.3, 0.4) is 0 Å². The molecule has 0 radical (unpaired) electrons. The maximum absolute atomic E-state index is 10.9. The molecule has 94 valence electrons. The number of para-hydroxylation sites is 1. The molecule has 1 aromatic carbocycles. The Labute approximate surface area is 108 Å². The average molecular weight is 265 g/mol. The highest BCUT2D eigenvalue weighted by atomic mass is 32.2. The first-order chi connectivity index (χ1) is 8.70. The fraction of sp³-hybridized carbons (Fsp3) is 0.182. The summed E-state index contributed by atoms with van der Waals surface area (Å²) in [7, 11) is 1.47. The second-order valence-electron chi connectivity index (χ2n) is 3.38. The number of phenols is 1. The summed E-state index contributed by atoms with van der Waals surface area (Å²) in [5, 5.41) is 20.4. The Hall–Kier alpha value is -2.02. The van der Waals surface area contributed by atoms with E-state index < -0.39 is 0 Å². The lowest BCUT2D eigenvalue weighted by Crippen LogP contribution is -2.19. The number of thioether (sulfide) groups is 1. The Morgan fingerprint density at radius 1 is 1.56 bits per heavy atom.